The van der Waals surface area contributed by atoms with Crippen LogP contribution in [0.5, 0.6) is 5.75 Å². The summed E-state index contributed by atoms with van der Waals surface area (Å²) < 4.78 is 5.10. The van der Waals surface area contributed by atoms with Gasteiger partial charge in [-0.05, 0) is 36.5 Å². The van der Waals surface area contributed by atoms with Crippen molar-refractivity contribution >= 4 is 0 Å². The molecule has 0 radical (unpaired) electrons. The molecule has 1 N–H and O–H groups in total. The topological polar surface area (TPSA) is 29.5 Å². The first kappa shape index (κ1) is 9.53. The lowest BCUT2D eigenvalue weighted by Gasteiger charge is -2.13. The van der Waals surface area contributed by atoms with Gasteiger partial charge in [0.25, 0.3) is 0 Å². The van der Waals surface area contributed by atoms with E-state index in [-0.39, 0.29) is 6.61 Å². The zero-order valence-corrected chi connectivity index (χ0v) is 8.44. The second-order valence-electron chi connectivity index (χ2n) is 3.90. The van der Waals surface area contributed by atoms with Gasteiger partial charge in [-0.1, -0.05) is 12.1 Å². The third-order valence-electron chi connectivity index (χ3n) is 2.93. The zero-order valence-electron chi connectivity index (χ0n) is 8.44. The fourth-order valence-electron chi connectivity index (χ4n) is 1.88. The fourth-order valence-corrected chi connectivity index (χ4v) is 1.88. The van der Waals surface area contributed by atoms with Crippen molar-refractivity contribution in [1.82, 2.24) is 0 Å². The quantitative estimate of drug-likeness (QED) is 0.792. The van der Waals surface area contributed by atoms with E-state index in [2.05, 4.69) is 12.1 Å². The van der Waals surface area contributed by atoms with Crippen LogP contribution in [0.1, 0.15) is 24.3 Å². The molecule has 1 unspecified atom stereocenters. The van der Waals surface area contributed by atoms with Crippen molar-refractivity contribution in [2.24, 2.45) is 5.92 Å². The van der Waals surface area contributed by atoms with Gasteiger partial charge in [0, 0.05) is 5.92 Å². The standard InChI is InChI=1S/C12H16O2/c1-14-11-6-4-10(5-7-11)12(8-13)9-2-3-9/h4-7,9,12-13H,2-3,8H2,1H3. The summed E-state index contributed by atoms with van der Waals surface area (Å²) in [5, 5.41) is 9.29. The third kappa shape index (κ3) is 1.90. The molecule has 0 saturated heterocycles. The SMILES string of the molecule is COc1ccc(C(CO)C2CC2)cc1. The molecular weight excluding hydrogens is 176 g/mol. The second-order valence-corrected chi connectivity index (χ2v) is 3.90. The molecule has 0 aliphatic heterocycles. The summed E-state index contributed by atoms with van der Waals surface area (Å²) in [6.45, 7) is 0.261. The number of benzene rings is 1. The Labute approximate surface area is 84.5 Å². The molecule has 1 atom stereocenters. The Morgan fingerprint density at radius 2 is 2.00 bits per heavy atom. The molecular formula is C12H16O2. The van der Waals surface area contributed by atoms with Gasteiger partial charge in [0.05, 0.1) is 13.7 Å². The van der Waals surface area contributed by atoms with Gasteiger partial charge in [-0.2, -0.15) is 0 Å². The molecule has 0 aromatic heterocycles. The minimum Gasteiger partial charge on any atom is -0.497 e. The van der Waals surface area contributed by atoms with Gasteiger partial charge < -0.3 is 9.84 Å². The first-order valence-electron chi connectivity index (χ1n) is 5.10. The highest BCUT2D eigenvalue weighted by Crippen LogP contribution is 2.42. The number of methoxy groups -OCH3 is 1. The maximum absolute atomic E-state index is 9.29. The average Bonchev–Trinajstić information content (AvgIpc) is 3.04. The molecule has 1 aliphatic carbocycles. The van der Waals surface area contributed by atoms with Gasteiger partial charge in [0.15, 0.2) is 0 Å². The van der Waals surface area contributed by atoms with E-state index in [1.807, 2.05) is 12.1 Å². The Morgan fingerprint density at radius 1 is 1.36 bits per heavy atom. The lowest BCUT2D eigenvalue weighted by molar-refractivity contribution is 0.253. The van der Waals surface area contributed by atoms with E-state index in [9.17, 15) is 5.11 Å². The number of aliphatic hydroxyl groups is 1. The molecule has 1 saturated carbocycles. The normalized spacial score (nSPS) is 17.9. The van der Waals surface area contributed by atoms with Crippen molar-refractivity contribution in [3.05, 3.63) is 29.8 Å². The zero-order chi connectivity index (χ0) is 9.97. The van der Waals surface area contributed by atoms with Crippen LogP contribution in [0.4, 0.5) is 0 Å². The highest BCUT2D eigenvalue weighted by Gasteiger charge is 2.31. The Balaban J connectivity index is 2.13. The number of hydrogen-bond donors (Lipinski definition) is 1. The van der Waals surface area contributed by atoms with Crippen LogP contribution in [0, 0.1) is 5.92 Å². The van der Waals surface area contributed by atoms with Crippen LogP contribution in [0.2, 0.25) is 0 Å². The summed E-state index contributed by atoms with van der Waals surface area (Å²) in [5.74, 6) is 1.91. The van der Waals surface area contributed by atoms with E-state index in [1.54, 1.807) is 7.11 Å². The van der Waals surface area contributed by atoms with Crippen molar-refractivity contribution in [3.8, 4) is 5.75 Å². The highest BCUT2D eigenvalue weighted by atomic mass is 16.5. The highest BCUT2D eigenvalue weighted by molar-refractivity contribution is 5.30. The first-order chi connectivity index (χ1) is 6.85. The molecule has 0 spiro atoms. The molecule has 1 aliphatic rings. The van der Waals surface area contributed by atoms with Gasteiger partial charge >= 0.3 is 0 Å². The summed E-state index contributed by atoms with van der Waals surface area (Å²) in [4.78, 5) is 0. The smallest absolute Gasteiger partial charge is 0.118 e. The number of rotatable bonds is 4. The van der Waals surface area contributed by atoms with Gasteiger partial charge in [-0.25, -0.2) is 0 Å². The Hall–Kier alpha value is -1.02. The summed E-state index contributed by atoms with van der Waals surface area (Å²) >= 11 is 0. The number of hydrogen-bond acceptors (Lipinski definition) is 2. The molecule has 2 nitrogen and oxygen atoms in total. The van der Waals surface area contributed by atoms with Crippen molar-refractivity contribution in [2.75, 3.05) is 13.7 Å². The van der Waals surface area contributed by atoms with E-state index in [0.717, 1.165) is 5.75 Å². The molecule has 76 valence electrons. The predicted molar refractivity (Wildman–Crippen MR) is 55.5 cm³/mol. The molecule has 1 aromatic rings. The number of aliphatic hydroxyl groups excluding tert-OH is 1. The van der Waals surface area contributed by atoms with Crippen molar-refractivity contribution in [2.45, 2.75) is 18.8 Å². The molecule has 1 aromatic carbocycles. The van der Waals surface area contributed by atoms with Crippen molar-refractivity contribution in [3.63, 3.8) is 0 Å². The van der Waals surface area contributed by atoms with Crippen molar-refractivity contribution in [1.29, 1.82) is 0 Å². The molecule has 0 heterocycles. The van der Waals surface area contributed by atoms with Gasteiger partial charge in [-0.3, -0.25) is 0 Å². The van der Waals surface area contributed by atoms with Crippen LogP contribution in [0.15, 0.2) is 24.3 Å². The van der Waals surface area contributed by atoms with Crippen LogP contribution < -0.4 is 4.74 Å². The minimum absolute atomic E-state index is 0.261. The van der Waals surface area contributed by atoms with E-state index >= 15 is 0 Å². The second kappa shape index (κ2) is 4.01. The molecule has 2 heteroatoms. The molecule has 1 fully saturated rings. The van der Waals surface area contributed by atoms with E-state index in [0.29, 0.717) is 11.8 Å². The van der Waals surface area contributed by atoms with E-state index < -0.39 is 0 Å². The largest absolute Gasteiger partial charge is 0.497 e. The maximum Gasteiger partial charge on any atom is 0.118 e. The molecule has 0 amide bonds. The average molecular weight is 192 g/mol. The molecule has 14 heavy (non-hydrogen) atoms. The minimum atomic E-state index is 0.261. The monoisotopic (exact) mass is 192 g/mol. The predicted octanol–water partition coefficient (Wildman–Crippen LogP) is 2.18. The van der Waals surface area contributed by atoms with Crippen LogP contribution in [0.3, 0.4) is 0 Å². The lowest BCUT2D eigenvalue weighted by Crippen LogP contribution is -2.06. The third-order valence-corrected chi connectivity index (χ3v) is 2.93. The van der Waals surface area contributed by atoms with Crippen molar-refractivity contribution < 1.29 is 9.84 Å². The summed E-state index contributed by atoms with van der Waals surface area (Å²) in [6, 6.07) is 8.02. The van der Waals surface area contributed by atoms with Crippen LogP contribution in [0.25, 0.3) is 0 Å². The Morgan fingerprint density at radius 3 is 2.43 bits per heavy atom. The molecule has 0 bridgehead atoms. The van der Waals surface area contributed by atoms with Crippen LogP contribution in [-0.4, -0.2) is 18.8 Å². The van der Waals surface area contributed by atoms with E-state index in [4.69, 9.17) is 4.74 Å². The summed E-state index contributed by atoms with van der Waals surface area (Å²) in [5.41, 5.74) is 1.23. The maximum atomic E-state index is 9.29. The molecule has 2 rings (SSSR count). The van der Waals surface area contributed by atoms with Gasteiger partial charge in [0.1, 0.15) is 5.75 Å². The number of ether oxygens (including phenoxy) is 1. The van der Waals surface area contributed by atoms with Gasteiger partial charge in [0.2, 0.25) is 0 Å². The van der Waals surface area contributed by atoms with Gasteiger partial charge in [-0.15, -0.1) is 0 Å². The first-order valence-corrected chi connectivity index (χ1v) is 5.10. The Kier molecular flexibility index (Phi) is 2.73. The summed E-state index contributed by atoms with van der Waals surface area (Å²) in [7, 11) is 1.67. The van der Waals surface area contributed by atoms with Crippen LogP contribution in [-0.2, 0) is 0 Å². The fraction of sp³-hybridized carbons (Fsp3) is 0.500. The summed E-state index contributed by atoms with van der Waals surface area (Å²) in [6.07, 6.45) is 2.52. The lowest BCUT2D eigenvalue weighted by atomic mass is 9.95. The van der Waals surface area contributed by atoms with E-state index in [1.165, 1.54) is 18.4 Å². The van der Waals surface area contributed by atoms with Crippen LogP contribution >= 0.6 is 0 Å². The Bertz CT molecular complexity index is 288.